The molecule has 3 rings (SSSR count). The van der Waals surface area contributed by atoms with Gasteiger partial charge in [0.1, 0.15) is 18.7 Å². The molecule has 2 aromatic rings. The monoisotopic (exact) mass is 522 g/mol. The summed E-state index contributed by atoms with van der Waals surface area (Å²) in [7, 11) is 1.46. The molecule has 0 aromatic heterocycles. The maximum absolute atomic E-state index is 13.6. The van der Waals surface area contributed by atoms with E-state index in [9.17, 15) is 19.2 Å². The van der Waals surface area contributed by atoms with Gasteiger partial charge >= 0.3 is 5.97 Å². The molecule has 38 heavy (non-hydrogen) atoms. The van der Waals surface area contributed by atoms with Crippen LogP contribution < -0.4 is 16.4 Å². The summed E-state index contributed by atoms with van der Waals surface area (Å²) in [6.07, 6.45) is 2.52. The molecule has 0 aliphatic carbocycles. The summed E-state index contributed by atoms with van der Waals surface area (Å²) in [6, 6.07) is 15.8. The Bertz CT molecular complexity index is 1080. The minimum atomic E-state index is -1.21. The highest BCUT2D eigenvalue weighted by Gasteiger charge is 2.37. The molecule has 9 heteroatoms. The van der Waals surface area contributed by atoms with Crippen LogP contribution in [0.5, 0.6) is 0 Å². The van der Waals surface area contributed by atoms with E-state index in [1.54, 1.807) is 0 Å². The molecule has 0 unspecified atom stereocenters. The van der Waals surface area contributed by atoms with Gasteiger partial charge in [0.25, 0.3) is 0 Å². The molecule has 3 amide bonds. The zero-order valence-corrected chi connectivity index (χ0v) is 22.1. The molecular formula is C29H38N4O5. The third-order valence-electron chi connectivity index (χ3n) is 6.94. The van der Waals surface area contributed by atoms with Crippen molar-refractivity contribution in [2.75, 3.05) is 13.6 Å². The summed E-state index contributed by atoms with van der Waals surface area (Å²) in [6.45, 7) is 2.82. The summed E-state index contributed by atoms with van der Waals surface area (Å²) in [4.78, 5) is 53.2. The second-order valence-electron chi connectivity index (χ2n) is 9.74. The number of hydrogen-bond acceptors (Lipinski definition) is 6. The van der Waals surface area contributed by atoms with Crippen molar-refractivity contribution in [2.24, 2.45) is 11.7 Å². The third-order valence-corrected chi connectivity index (χ3v) is 6.94. The quantitative estimate of drug-likeness (QED) is 0.345. The highest BCUT2D eigenvalue weighted by molar-refractivity contribution is 5.95. The van der Waals surface area contributed by atoms with E-state index in [1.807, 2.05) is 60.7 Å². The number of carbonyl (C=O) groups excluding carboxylic acids is 4. The minimum Gasteiger partial charge on any atom is -0.461 e. The van der Waals surface area contributed by atoms with Crippen LogP contribution in [-0.2, 0) is 36.9 Å². The van der Waals surface area contributed by atoms with Gasteiger partial charge in [0, 0.05) is 13.5 Å². The van der Waals surface area contributed by atoms with E-state index in [4.69, 9.17) is 10.5 Å². The maximum atomic E-state index is 13.6. The molecule has 4 N–H and O–H groups in total. The molecule has 0 spiro atoms. The number of nitrogens with one attached hydrogen (secondary N) is 2. The van der Waals surface area contributed by atoms with Crippen molar-refractivity contribution in [3.05, 3.63) is 71.8 Å². The number of carbonyl (C=O) groups is 4. The zero-order valence-electron chi connectivity index (χ0n) is 22.1. The van der Waals surface area contributed by atoms with Crippen molar-refractivity contribution in [2.45, 2.75) is 63.8 Å². The summed E-state index contributed by atoms with van der Waals surface area (Å²) < 4.78 is 5.39. The standard InChI is InChI=1S/C29H38N4O5/c1-3-10-22-15-16-31-26(22)28(36)32-23(18-25(34)38-19-21-13-8-5-9-14-21)29(37)33(2)24(27(30)35)17-20-11-6-4-7-12-20/h4-9,11-14,22-24,26,31H,3,10,15-19H2,1-2H3,(H2,30,35)(H,32,36)/t22-,23-,24-,26-/m0/s1. The van der Waals surface area contributed by atoms with Crippen molar-refractivity contribution in [3.8, 4) is 0 Å². The van der Waals surface area contributed by atoms with Crippen molar-refractivity contribution in [1.82, 2.24) is 15.5 Å². The molecule has 1 aliphatic rings. The van der Waals surface area contributed by atoms with Crippen LogP contribution in [0.1, 0.15) is 43.7 Å². The van der Waals surface area contributed by atoms with E-state index < -0.39 is 35.9 Å². The average Bonchev–Trinajstić information content (AvgIpc) is 3.39. The van der Waals surface area contributed by atoms with Crippen molar-refractivity contribution >= 4 is 23.7 Å². The second kappa shape index (κ2) is 14.3. The Kier molecular flexibility index (Phi) is 10.8. The van der Waals surface area contributed by atoms with Crippen LogP contribution in [0.2, 0.25) is 0 Å². The van der Waals surface area contributed by atoms with Crippen LogP contribution in [0.3, 0.4) is 0 Å². The van der Waals surface area contributed by atoms with Gasteiger partial charge in [0.2, 0.25) is 17.7 Å². The molecule has 1 fully saturated rings. The molecule has 0 bridgehead atoms. The molecule has 1 aliphatic heterocycles. The Hall–Kier alpha value is -3.72. The normalized spacial score (nSPS) is 18.3. The number of nitrogens with two attached hydrogens (primary N) is 1. The van der Waals surface area contributed by atoms with Crippen LogP contribution >= 0.6 is 0 Å². The summed E-state index contributed by atoms with van der Waals surface area (Å²) in [5, 5.41) is 5.98. The van der Waals surface area contributed by atoms with Crippen LogP contribution in [0.15, 0.2) is 60.7 Å². The van der Waals surface area contributed by atoms with Crippen LogP contribution in [-0.4, -0.2) is 60.3 Å². The average molecular weight is 523 g/mol. The van der Waals surface area contributed by atoms with Crippen LogP contribution in [0, 0.1) is 5.92 Å². The van der Waals surface area contributed by atoms with E-state index in [1.165, 1.54) is 11.9 Å². The Morgan fingerprint density at radius 3 is 2.29 bits per heavy atom. The first kappa shape index (κ1) is 28.8. The fourth-order valence-electron chi connectivity index (χ4n) is 4.84. The lowest BCUT2D eigenvalue weighted by atomic mass is 9.94. The van der Waals surface area contributed by atoms with E-state index >= 15 is 0 Å². The first-order valence-corrected chi connectivity index (χ1v) is 13.1. The number of nitrogens with zero attached hydrogens (tertiary/aromatic N) is 1. The molecule has 0 radical (unpaired) electrons. The number of amides is 3. The van der Waals surface area contributed by atoms with Gasteiger partial charge in [-0.2, -0.15) is 0 Å². The summed E-state index contributed by atoms with van der Waals surface area (Å²) in [5.74, 6) is -2.09. The van der Waals surface area contributed by atoms with Crippen molar-refractivity contribution < 1.29 is 23.9 Å². The molecule has 4 atom stereocenters. The zero-order chi connectivity index (χ0) is 27.5. The summed E-state index contributed by atoms with van der Waals surface area (Å²) >= 11 is 0. The third kappa shape index (κ3) is 8.14. The summed E-state index contributed by atoms with van der Waals surface area (Å²) in [5.41, 5.74) is 7.30. The minimum absolute atomic E-state index is 0.0467. The number of hydrogen-bond donors (Lipinski definition) is 3. The van der Waals surface area contributed by atoms with Gasteiger partial charge in [-0.1, -0.05) is 74.0 Å². The Labute approximate surface area is 224 Å². The number of rotatable bonds is 13. The highest BCUT2D eigenvalue weighted by Crippen LogP contribution is 2.21. The van der Waals surface area contributed by atoms with E-state index in [0.717, 1.165) is 30.4 Å². The second-order valence-corrected chi connectivity index (χ2v) is 9.74. The molecule has 204 valence electrons. The van der Waals surface area contributed by atoms with Gasteiger partial charge in [-0.3, -0.25) is 19.2 Å². The Morgan fingerprint density at radius 2 is 1.68 bits per heavy atom. The first-order chi connectivity index (χ1) is 18.3. The number of benzene rings is 2. The lowest BCUT2D eigenvalue weighted by Gasteiger charge is -2.30. The van der Waals surface area contributed by atoms with Crippen LogP contribution in [0.4, 0.5) is 0 Å². The fraction of sp³-hybridized carbons (Fsp3) is 0.448. The topological polar surface area (TPSA) is 131 Å². The van der Waals surface area contributed by atoms with E-state index in [0.29, 0.717) is 6.54 Å². The molecular weight excluding hydrogens is 484 g/mol. The molecule has 1 saturated heterocycles. The lowest BCUT2D eigenvalue weighted by Crippen LogP contribution is -2.57. The smallest absolute Gasteiger partial charge is 0.308 e. The number of esters is 1. The van der Waals surface area contributed by atoms with Crippen molar-refractivity contribution in [1.29, 1.82) is 0 Å². The van der Waals surface area contributed by atoms with Gasteiger partial charge in [-0.15, -0.1) is 0 Å². The first-order valence-electron chi connectivity index (χ1n) is 13.1. The molecule has 9 nitrogen and oxygen atoms in total. The van der Waals surface area contributed by atoms with Gasteiger partial charge in [0.15, 0.2) is 0 Å². The predicted octanol–water partition coefficient (Wildman–Crippen LogP) is 1.94. The molecule has 0 saturated carbocycles. The van der Waals surface area contributed by atoms with Crippen molar-refractivity contribution in [3.63, 3.8) is 0 Å². The SMILES string of the molecule is CCC[C@H]1CCN[C@@H]1C(=O)N[C@@H](CC(=O)OCc1ccccc1)C(=O)N(C)[C@@H](Cc1ccccc1)C(N)=O. The van der Waals surface area contributed by atoms with Crippen LogP contribution in [0.25, 0.3) is 0 Å². The van der Waals surface area contributed by atoms with Gasteiger partial charge in [-0.25, -0.2) is 0 Å². The Balaban J connectivity index is 1.75. The number of ether oxygens (including phenoxy) is 1. The highest BCUT2D eigenvalue weighted by atomic mass is 16.5. The maximum Gasteiger partial charge on any atom is 0.308 e. The Morgan fingerprint density at radius 1 is 1.05 bits per heavy atom. The van der Waals surface area contributed by atoms with E-state index in [-0.39, 0.29) is 31.3 Å². The van der Waals surface area contributed by atoms with Gasteiger partial charge in [0.05, 0.1) is 12.5 Å². The number of likely N-dealkylation sites (N-methyl/N-ethyl adjacent to an activating group) is 1. The molecule has 2 aromatic carbocycles. The van der Waals surface area contributed by atoms with Gasteiger partial charge < -0.3 is 26.0 Å². The number of primary amides is 1. The lowest BCUT2D eigenvalue weighted by molar-refractivity contribution is -0.150. The predicted molar refractivity (Wildman–Crippen MR) is 143 cm³/mol. The van der Waals surface area contributed by atoms with Gasteiger partial charge in [-0.05, 0) is 36.4 Å². The molecule has 1 heterocycles. The largest absolute Gasteiger partial charge is 0.461 e. The van der Waals surface area contributed by atoms with E-state index in [2.05, 4.69) is 17.6 Å². The fourth-order valence-corrected chi connectivity index (χ4v) is 4.84.